The number of hydrogen-bond donors (Lipinski definition) is 1. The van der Waals surface area contributed by atoms with Crippen LogP contribution in [0, 0.1) is 5.92 Å². The molecule has 1 aliphatic rings. The second-order valence-corrected chi connectivity index (χ2v) is 9.14. The van der Waals surface area contributed by atoms with E-state index in [0.29, 0.717) is 5.02 Å². The van der Waals surface area contributed by atoms with Crippen LogP contribution in [0.2, 0.25) is 5.02 Å². The van der Waals surface area contributed by atoms with Crippen LogP contribution in [-0.2, 0) is 19.6 Å². The number of halogens is 1. The van der Waals surface area contributed by atoms with Crippen molar-refractivity contribution in [3.63, 3.8) is 0 Å². The van der Waals surface area contributed by atoms with Gasteiger partial charge in [-0.05, 0) is 37.1 Å². The van der Waals surface area contributed by atoms with E-state index in [1.54, 1.807) is 11.8 Å². The summed E-state index contributed by atoms with van der Waals surface area (Å²) in [5, 5.41) is 3.05. The van der Waals surface area contributed by atoms with Crippen molar-refractivity contribution in [1.29, 1.82) is 0 Å². The van der Waals surface area contributed by atoms with Crippen molar-refractivity contribution < 1.29 is 22.7 Å². The van der Waals surface area contributed by atoms with Gasteiger partial charge < -0.3 is 15.0 Å². The lowest BCUT2D eigenvalue weighted by atomic mass is 10.0. The van der Waals surface area contributed by atoms with Gasteiger partial charge in [-0.2, -0.15) is 4.31 Å². The number of benzene rings is 1. The molecule has 0 aliphatic carbocycles. The first-order valence-corrected chi connectivity index (χ1v) is 11.0. The molecule has 1 fully saturated rings. The zero-order chi connectivity index (χ0) is 20.9. The lowest BCUT2D eigenvalue weighted by Gasteiger charge is -2.36. The number of carbonyl (C=O) groups is 2. The van der Waals surface area contributed by atoms with Gasteiger partial charge in [-0.25, -0.2) is 13.2 Å². The van der Waals surface area contributed by atoms with E-state index in [9.17, 15) is 18.0 Å². The summed E-state index contributed by atoms with van der Waals surface area (Å²) in [5.41, 5.74) is 0. The van der Waals surface area contributed by atoms with E-state index < -0.39 is 22.2 Å². The van der Waals surface area contributed by atoms with Crippen LogP contribution in [0.4, 0.5) is 4.79 Å². The van der Waals surface area contributed by atoms with Gasteiger partial charge in [0, 0.05) is 31.2 Å². The molecule has 10 heteroatoms. The van der Waals surface area contributed by atoms with Crippen LogP contribution >= 0.6 is 11.6 Å². The molecule has 8 nitrogen and oxygen atoms in total. The molecule has 2 amide bonds. The van der Waals surface area contributed by atoms with Crippen LogP contribution in [0.15, 0.2) is 29.2 Å². The first-order chi connectivity index (χ1) is 13.2. The molecule has 1 aromatic rings. The van der Waals surface area contributed by atoms with Gasteiger partial charge >= 0.3 is 6.09 Å². The van der Waals surface area contributed by atoms with Gasteiger partial charge in [0.05, 0.1) is 11.5 Å². The maximum atomic E-state index is 12.8. The van der Waals surface area contributed by atoms with Crippen molar-refractivity contribution >= 4 is 33.6 Å². The zero-order valence-electron chi connectivity index (χ0n) is 16.2. The van der Waals surface area contributed by atoms with Gasteiger partial charge in [0.15, 0.2) is 0 Å². The van der Waals surface area contributed by atoms with Crippen LogP contribution < -0.4 is 5.32 Å². The minimum absolute atomic E-state index is 0.132. The van der Waals surface area contributed by atoms with Crippen LogP contribution in [-0.4, -0.2) is 68.5 Å². The highest BCUT2D eigenvalue weighted by Gasteiger charge is 2.34. The van der Waals surface area contributed by atoms with Crippen LogP contribution in [0.3, 0.4) is 0 Å². The standard InChI is InChI=1S/C18H26ClN3O5S/c1-4-27-18(24)20-16(13(2)3)17(23)21-9-11-22(12-10-21)28(25,26)15-7-5-14(19)6-8-15/h5-8,13,16H,4,9-12H2,1-3H3,(H,20,24). The SMILES string of the molecule is CCOC(=O)NC(C(=O)N1CCN(S(=O)(=O)c2ccc(Cl)cc2)CC1)C(C)C. The molecule has 1 heterocycles. The third-order valence-corrected chi connectivity index (χ3v) is 6.65. The summed E-state index contributed by atoms with van der Waals surface area (Å²) in [6.45, 7) is 6.42. The molecule has 0 bridgehead atoms. The Bertz CT molecular complexity index is 790. The second kappa shape index (κ2) is 9.58. The molecule has 0 aromatic heterocycles. The number of sulfonamides is 1. The Morgan fingerprint density at radius 3 is 2.21 bits per heavy atom. The number of amides is 2. The molecular formula is C18H26ClN3O5S. The van der Waals surface area contributed by atoms with E-state index in [4.69, 9.17) is 16.3 Å². The monoisotopic (exact) mass is 431 g/mol. The molecular weight excluding hydrogens is 406 g/mol. The molecule has 2 rings (SSSR count). The van der Waals surface area contributed by atoms with Crippen LogP contribution in [0.25, 0.3) is 0 Å². The highest BCUT2D eigenvalue weighted by Crippen LogP contribution is 2.20. The predicted octanol–water partition coefficient (Wildman–Crippen LogP) is 1.94. The Morgan fingerprint density at radius 2 is 1.71 bits per heavy atom. The average Bonchev–Trinajstić information content (AvgIpc) is 2.66. The third-order valence-electron chi connectivity index (χ3n) is 4.48. The van der Waals surface area contributed by atoms with Crippen LogP contribution in [0.1, 0.15) is 20.8 Å². The maximum absolute atomic E-state index is 12.8. The first kappa shape index (κ1) is 22.4. The molecule has 0 radical (unpaired) electrons. The van der Waals surface area contributed by atoms with Gasteiger partial charge in [-0.3, -0.25) is 4.79 Å². The molecule has 0 spiro atoms. The fourth-order valence-electron chi connectivity index (χ4n) is 2.91. The Hall–Kier alpha value is -1.84. The van der Waals surface area contributed by atoms with Crippen molar-refractivity contribution in [2.75, 3.05) is 32.8 Å². The number of piperazine rings is 1. The normalized spacial score (nSPS) is 16.7. The lowest BCUT2D eigenvalue weighted by Crippen LogP contribution is -2.57. The number of rotatable bonds is 6. The number of nitrogens with one attached hydrogen (secondary N) is 1. The third kappa shape index (κ3) is 5.36. The average molecular weight is 432 g/mol. The Balaban J connectivity index is 2.02. The van der Waals surface area contributed by atoms with Crippen molar-refractivity contribution in [3.05, 3.63) is 29.3 Å². The Kier molecular flexibility index (Phi) is 7.68. The second-order valence-electron chi connectivity index (χ2n) is 6.77. The Morgan fingerprint density at radius 1 is 1.14 bits per heavy atom. The number of hydrogen-bond acceptors (Lipinski definition) is 5. The largest absolute Gasteiger partial charge is 0.450 e. The smallest absolute Gasteiger partial charge is 0.407 e. The van der Waals surface area contributed by atoms with Gasteiger partial charge in [-0.1, -0.05) is 25.4 Å². The number of nitrogens with zero attached hydrogens (tertiary/aromatic N) is 2. The summed E-state index contributed by atoms with van der Waals surface area (Å²) in [7, 11) is -3.64. The molecule has 0 saturated carbocycles. The predicted molar refractivity (Wildman–Crippen MR) is 106 cm³/mol. The summed E-state index contributed by atoms with van der Waals surface area (Å²) in [5.74, 6) is -0.376. The molecule has 1 saturated heterocycles. The van der Waals surface area contributed by atoms with E-state index in [1.165, 1.54) is 28.6 Å². The molecule has 1 aliphatic heterocycles. The van der Waals surface area contributed by atoms with Crippen molar-refractivity contribution in [3.8, 4) is 0 Å². The molecule has 1 N–H and O–H groups in total. The molecule has 1 unspecified atom stereocenters. The zero-order valence-corrected chi connectivity index (χ0v) is 17.8. The van der Waals surface area contributed by atoms with E-state index in [-0.39, 0.29) is 49.5 Å². The van der Waals surface area contributed by atoms with E-state index in [2.05, 4.69) is 5.32 Å². The fourth-order valence-corrected chi connectivity index (χ4v) is 4.46. The molecule has 28 heavy (non-hydrogen) atoms. The molecule has 156 valence electrons. The highest BCUT2D eigenvalue weighted by atomic mass is 35.5. The number of carbonyl (C=O) groups excluding carboxylic acids is 2. The van der Waals surface area contributed by atoms with Crippen molar-refractivity contribution in [2.45, 2.75) is 31.7 Å². The van der Waals surface area contributed by atoms with E-state index >= 15 is 0 Å². The molecule has 1 aromatic carbocycles. The summed E-state index contributed by atoms with van der Waals surface area (Å²) < 4.78 is 31.7. The van der Waals surface area contributed by atoms with E-state index in [0.717, 1.165) is 0 Å². The molecule has 1 atom stereocenters. The van der Waals surface area contributed by atoms with Gasteiger partial charge in [0.2, 0.25) is 15.9 Å². The fraction of sp³-hybridized carbons (Fsp3) is 0.556. The minimum atomic E-state index is -3.64. The van der Waals surface area contributed by atoms with Gasteiger partial charge in [0.25, 0.3) is 0 Å². The summed E-state index contributed by atoms with van der Waals surface area (Å²) in [6, 6.07) is 5.27. The first-order valence-electron chi connectivity index (χ1n) is 9.14. The maximum Gasteiger partial charge on any atom is 0.407 e. The van der Waals surface area contributed by atoms with Crippen molar-refractivity contribution in [1.82, 2.24) is 14.5 Å². The quantitative estimate of drug-likeness (QED) is 0.742. The summed E-state index contributed by atoms with van der Waals surface area (Å²) >= 11 is 5.82. The minimum Gasteiger partial charge on any atom is -0.450 e. The lowest BCUT2D eigenvalue weighted by molar-refractivity contribution is -0.135. The number of alkyl carbamates (subject to hydrolysis) is 1. The van der Waals surface area contributed by atoms with Crippen molar-refractivity contribution in [2.24, 2.45) is 5.92 Å². The highest BCUT2D eigenvalue weighted by molar-refractivity contribution is 7.89. The van der Waals surface area contributed by atoms with Gasteiger partial charge in [0.1, 0.15) is 6.04 Å². The Labute approximate surface area is 170 Å². The van der Waals surface area contributed by atoms with Crippen LogP contribution in [0.5, 0.6) is 0 Å². The topological polar surface area (TPSA) is 96.0 Å². The van der Waals surface area contributed by atoms with Gasteiger partial charge in [-0.15, -0.1) is 0 Å². The number of ether oxygens (including phenoxy) is 1. The summed E-state index contributed by atoms with van der Waals surface area (Å²) in [4.78, 5) is 26.3. The summed E-state index contributed by atoms with van der Waals surface area (Å²) in [6.07, 6.45) is -0.640. The van der Waals surface area contributed by atoms with E-state index in [1.807, 2.05) is 13.8 Å².